The average Bonchev–Trinajstić information content (AvgIpc) is 2.83. The standard InChI is InChI=1S/C12H14N4O3/c1-9-5-10(7-11(6-9)16(17)18)12-14-13-8-15(12)3-4-19-2/h5-8H,3-4H2,1-2H3. The van der Waals surface area contributed by atoms with Gasteiger partial charge in [-0.25, -0.2) is 0 Å². The van der Waals surface area contributed by atoms with Gasteiger partial charge in [0.05, 0.1) is 11.5 Å². The number of methoxy groups -OCH3 is 1. The van der Waals surface area contributed by atoms with Gasteiger partial charge in [0.25, 0.3) is 5.69 Å². The molecule has 0 atom stereocenters. The van der Waals surface area contributed by atoms with Gasteiger partial charge in [-0.2, -0.15) is 0 Å². The molecule has 19 heavy (non-hydrogen) atoms. The van der Waals surface area contributed by atoms with Crippen molar-refractivity contribution in [3.05, 3.63) is 40.2 Å². The van der Waals surface area contributed by atoms with E-state index in [9.17, 15) is 10.1 Å². The molecule has 0 saturated carbocycles. The Kier molecular flexibility index (Phi) is 3.86. The summed E-state index contributed by atoms with van der Waals surface area (Å²) in [6.45, 7) is 2.94. The van der Waals surface area contributed by atoms with Crippen LogP contribution in [0.5, 0.6) is 0 Å². The third kappa shape index (κ3) is 2.94. The van der Waals surface area contributed by atoms with Crippen molar-refractivity contribution < 1.29 is 9.66 Å². The highest BCUT2D eigenvalue weighted by molar-refractivity contribution is 5.61. The van der Waals surface area contributed by atoms with Crippen LogP contribution in [0.2, 0.25) is 0 Å². The summed E-state index contributed by atoms with van der Waals surface area (Å²) in [5.74, 6) is 0.601. The van der Waals surface area contributed by atoms with Crippen LogP contribution in [0.1, 0.15) is 5.56 Å². The van der Waals surface area contributed by atoms with Crippen molar-refractivity contribution in [2.24, 2.45) is 0 Å². The van der Waals surface area contributed by atoms with Crippen molar-refractivity contribution >= 4 is 5.69 Å². The molecule has 0 N–H and O–H groups in total. The second-order valence-corrected chi connectivity index (χ2v) is 4.16. The third-order valence-electron chi connectivity index (χ3n) is 2.68. The molecule has 1 heterocycles. The molecule has 0 radical (unpaired) electrons. The van der Waals surface area contributed by atoms with Crippen LogP contribution in [0.4, 0.5) is 5.69 Å². The molecule has 0 spiro atoms. The number of nitro groups is 1. The Morgan fingerprint density at radius 1 is 1.42 bits per heavy atom. The summed E-state index contributed by atoms with van der Waals surface area (Å²) in [6.07, 6.45) is 1.59. The monoisotopic (exact) mass is 262 g/mol. The lowest BCUT2D eigenvalue weighted by Gasteiger charge is -2.06. The zero-order valence-electron chi connectivity index (χ0n) is 10.7. The molecule has 0 amide bonds. The molecule has 0 bridgehead atoms. The quantitative estimate of drug-likeness (QED) is 0.606. The largest absolute Gasteiger partial charge is 0.383 e. The van der Waals surface area contributed by atoms with E-state index in [0.29, 0.717) is 24.5 Å². The second kappa shape index (κ2) is 5.57. The van der Waals surface area contributed by atoms with E-state index >= 15 is 0 Å². The topological polar surface area (TPSA) is 83.1 Å². The van der Waals surface area contributed by atoms with Gasteiger partial charge in [0.2, 0.25) is 0 Å². The minimum atomic E-state index is -0.410. The highest BCUT2D eigenvalue weighted by Gasteiger charge is 2.13. The molecular formula is C12H14N4O3. The lowest BCUT2D eigenvalue weighted by molar-refractivity contribution is -0.384. The number of nitrogens with zero attached hydrogens (tertiary/aromatic N) is 4. The van der Waals surface area contributed by atoms with Gasteiger partial charge in [0.15, 0.2) is 5.82 Å². The Balaban J connectivity index is 2.41. The van der Waals surface area contributed by atoms with Crippen molar-refractivity contribution in [3.63, 3.8) is 0 Å². The van der Waals surface area contributed by atoms with Crippen LogP contribution in [-0.2, 0) is 11.3 Å². The molecular weight excluding hydrogens is 248 g/mol. The predicted octanol–water partition coefficient (Wildman–Crippen LogP) is 1.81. The number of benzene rings is 1. The molecule has 2 rings (SSSR count). The predicted molar refractivity (Wildman–Crippen MR) is 68.7 cm³/mol. The molecule has 7 heteroatoms. The molecule has 2 aromatic rings. The number of hydrogen-bond acceptors (Lipinski definition) is 5. The van der Waals surface area contributed by atoms with Crippen molar-refractivity contribution in [1.82, 2.24) is 14.8 Å². The minimum absolute atomic E-state index is 0.0521. The molecule has 0 aliphatic carbocycles. The van der Waals surface area contributed by atoms with Crippen molar-refractivity contribution in [1.29, 1.82) is 0 Å². The summed E-state index contributed by atoms with van der Waals surface area (Å²) in [6, 6.07) is 4.87. The second-order valence-electron chi connectivity index (χ2n) is 4.16. The summed E-state index contributed by atoms with van der Waals surface area (Å²) in [4.78, 5) is 10.5. The first-order valence-corrected chi connectivity index (χ1v) is 5.75. The lowest BCUT2D eigenvalue weighted by atomic mass is 10.1. The Hall–Kier alpha value is -2.28. The number of rotatable bonds is 5. The van der Waals surface area contributed by atoms with Crippen LogP contribution in [0.3, 0.4) is 0 Å². The first kappa shape index (κ1) is 13.2. The van der Waals surface area contributed by atoms with Gasteiger partial charge in [0, 0.05) is 31.4 Å². The van der Waals surface area contributed by atoms with Gasteiger partial charge in [-0.05, 0) is 18.6 Å². The number of aromatic nitrogens is 3. The average molecular weight is 262 g/mol. The molecule has 0 fully saturated rings. The SMILES string of the molecule is COCCn1cnnc1-c1cc(C)cc([N+](=O)[O-])c1. The fourth-order valence-corrected chi connectivity index (χ4v) is 1.83. The van der Waals surface area contributed by atoms with Gasteiger partial charge in [-0.1, -0.05) is 0 Å². The van der Waals surface area contributed by atoms with Gasteiger partial charge in [-0.3, -0.25) is 10.1 Å². The Morgan fingerprint density at radius 3 is 2.89 bits per heavy atom. The van der Waals surface area contributed by atoms with E-state index in [-0.39, 0.29) is 5.69 Å². The van der Waals surface area contributed by atoms with Crippen molar-refractivity contribution in [3.8, 4) is 11.4 Å². The molecule has 7 nitrogen and oxygen atoms in total. The van der Waals surface area contributed by atoms with Crippen LogP contribution in [0.25, 0.3) is 11.4 Å². The van der Waals surface area contributed by atoms with Crippen LogP contribution in [0.15, 0.2) is 24.5 Å². The number of non-ortho nitro benzene ring substituents is 1. The van der Waals surface area contributed by atoms with Gasteiger partial charge in [0.1, 0.15) is 6.33 Å². The fourth-order valence-electron chi connectivity index (χ4n) is 1.83. The summed E-state index contributed by atoms with van der Waals surface area (Å²) in [7, 11) is 1.61. The van der Waals surface area contributed by atoms with E-state index in [4.69, 9.17) is 4.74 Å². The highest BCUT2D eigenvalue weighted by Crippen LogP contribution is 2.24. The number of ether oxygens (including phenoxy) is 1. The normalized spacial score (nSPS) is 10.6. The van der Waals surface area contributed by atoms with Gasteiger partial charge >= 0.3 is 0 Å². The molecule has 1 aromatic carbocycles. The van der Waals surface area contributed by atoms with Gasteiger partial charge in [-0.15, -0.1) is 10.2 Å². The van der Waals surface area contributed by atoms with Crippen LogP contribution in [-0.4, -0.2) is 33.4 Å². The maximum atomic E-state index is 10.9. The molecule has 0 aliphatic rings. The zero-order chi connectivity index (χ0) is 13.8. The molecule has 0 unspecified atom stereocenters. The van der Waals surface area contributed by atoms with E-state index in [1.165, 1.54) is 12.1 Å². The van der Waals surface area contributed by atoms with Crippen LogP contribution in [0, 0.1) is 17.0 Å². The Morgan fingerprint density at radius 2 is 2.21 bits per heavy atom. The number of hydrogen-bond donors (Lipinski definition) is 0. The van der Waals surface area contributed by atoms with E-state index in [1.807, 2.05) is 17.6 Å². The smallest absolute Gasteiger partial charge is 0.270 e. The summed E-state index contributed by atoms with van der Waals surface area (Å²) in [5, 5.41) is 18.7. The molecule has 1 aromatic heterocycles. The van der Waals surface area contributed by atoms with E-state index in [0.717, 1.165) is 5.56 Å². The molecule has 0 aliphatic heterocycles. The maximum Gasteiger partial charge on any atom is 0.270 e. The van der Waals surface area contributed by atoms with Crippen molar-refractivity contribution in [2.75, 3.05) is 13.7 Å². The minimum Gasteiger partial charge on any atom is -0.383 e. The van der Waals surface area contributed by atoms with Crippen molar-refractivity contribution in [2.45, 2.75) is 13.5 Å². The zero-order valence-corrected chi connectivity index (χ0v) is 10.7. The van der Waals surface area contributed by atoms with E-state index in [2.05, 4.69) is 10.2 Å². The summed E-state index contributed by atoms with van der Waals surface area (Å²) >= 11 is 0. The van der Waals surface area contributed by atoms with Gasteiger partial charge < -0.3 is 9.30 Å². The third-order valence-corrected chi connectivity index (χ3v) is 2.68. The fraction of sp³-hybridized carbons (Fsp3) is 0.333. The summed E-state index contributed by atoms with van der Waals surface area (Å²) < 4.78 is 6.81. The molecule has 100 valence electrons. The Labute approximate surface area is 110 Å². The first-order valence-electron chi connectivity index (χ1n) is 5.75. The molecule has 0 saturated heterocycles. The maximum absolute atomic E-state index is 10.9. The van der Waals surface area contributed by atoms with E-state index in [1.54, 1.807) is 13.4 Å². The number of aryl methyl sites for hydroxylation is 1. The Bertz CT molecular complexity index is 594. The number of nitro benzene ring substituents is 1. The van der Waals surface area contributed by atoms with Crippen LogP contribution < -0.4 is 0 Å². The summed E-state index contributed by atoms with van der Waals surface area (Å²) in [5.41, 5.74) is 1.54. The van der Waals surface area contributed by atoms with Crippen LogP contribution >= 0.6 is 0 Å². The highest BCUT2D eigenvalue weighted by atomic mass is 16.6. The lowest BCUT2D eigenvalue weighted by Crippen LogP contribution is -2.05. The first-order chi connectivity index (χ1) is 9.11. The van der Waals surface area contributed by atoms with E-state index < -0.39 is 4.92 Å².